The Hall–Kier alpha value is -1.36. The van der Waals surface area contributed by atoms with Crippen LogP contribution in [0.3, 0.4) is 0 Å². The van der Waals surface area contributed by atoms with Crippen molar-refractivity contribution in [1.82, 2.24) is 0 Å². The Balaban J connectivity index is 2.18. The first-order valence-corrected chi connectivity index (χ1v) is 7.81. The summed E-state index contributed by atoms with van der Waals surface area (Å²) in [4.78, 5) is 12.5. The van der Waals surface area contributed by atoms with Gasteiger partial charge in [0, 0.05) is 9.26 Å². The molecule has 0 aliphatic heterocycles. The highest BCUT2D eigenvalue weighted by atomic mass is 127. The van der Waals surface area contributed by atoms with Crippen molar-refractivity contribution in [2.45, 2.75) is 26.2 Å². The van der Waals surface area contributed by atoms with Gasteiger partial charge < -0.3 is 5.32 Å². The lowest BCUT2D eigenvalue weighted by atomic mass is 9.95. The van der Waals surface area contributed by atoms with Gasteiger partial charge in [-0.2, -0.15) is 0 Å². The SMILES string of the molecule is CC[C@H](C(=O)Nc1ccc(I)cc1C)c1ccccc1. The summed E-state index contributed by atoms with van der Waals surface area (Å²) in [5, 5.41) is 3.04. The molecule has 104 valence electrons. The van der Waals surface area contributed by atoms with Crippen molar-refractivity contribution in [3.63, 3.8) is 0 Å². The molecule has 2 aromatic carbocycles. The van der Waals surface area contributed by atoms with Gasteiger partial charge >= 0.3 is 0 Å². The minimum absolute atomic E-state index is 0.0583. The van der Waals surface area contributed by atoms with E-state index in [9.17, 15) is 4.79 Å². The smallest absolute Gasteiger partial charge is 0.231 e. The molecule has 0 aromatic heterocycles. The van der Waals surface area contributed by atoms with Crippen LogP contribution in [-0.2, 0) is 4.79 Å². The summed E-state index contributed by atoms with van der Waals surface area (Å²) in [5.41, 5.74) is 3.05. The van der Waals surface area contributed by atoms with Crippen LogP contribution in [0, 0.1) is 10.5 Å². The second-order valence-electron chi connectivity index (χ2n) is 4.82. The average Bonchev–Trinajstić information content (AvgIpc) is 2.44. The lowest BCUT2D eigenvalue weighted by Crippen LogP contribution is -2.21. The standard InChI is InChI=1S/C17H18INO/c1-3-15(13-7-5-4-6-8-13)17(20)19-16-10-9-14(18)11-12(16)2/h4-11,15H,3H2,1-2H3,(H,19,20)/t15-/m0/s1. The highest BCUT2D eigenvalue weighted by Gasteiger charge is 2.18. The van der Waals surface area contributed by atoms with Gasteiger partial charge in [-0.1, -0.05) is 37.3 Å². The Morgan fingerprint density at radius 3 is 2.50 bits per heavy atom. The van der Waals surface area contributed by atoms with Crippen molar-refractivity contribution in [3.8, 4) is 0 Å². The molecule has 0 heterocycles. The summed E-state index contributed by atoms with van der Waals surface area (Å²) in [6.07, 6.45) is 0.791. The van der Waals surface area contributed by atoms with E-state index >= 15 is 0 Å². The molecule has 1 N–H and O–H groups in total. The van der Waals surface area contributed by atoms with E-state index in [1.807, 2.05) is 56.3 Å². The van der Waals surface area contributed by atoms with Crippen molar-refractivity contribution in [2.24, 2.45) is 0 Å². The maximum absolute atomic E-state index is 12.5. The number of benzene rings is 2. The monoisotopic (exact) mass is 379 g/mol. The quantitative estimate of drug-likeness (QED) is 0.765. The number of rotatable bonds is 4. The molecule has 20 heavy (non-hydrogen) atoms. The fraction of sp³-hybridized carbons (Fsp3) is 0.235. The maximum Gasteiger partial charge on any atom is 0.231 e. The van der Waals surface area contributed by atoms with Gasteiger partial charge in [0.05, 0.1) is 5.92 Å². The molecule has 0 spiro atoms. The molecule has 0 saturated carbocycles. The largest absolute Gasteiger partial charge is 0.325 e. The van der Waals surface area contributed by atoms with Crippen LogP contribution in [0.25, 0.3) is 0 Å². The molecule has 0 radical (unpaired) electrons. The molecular weight excluding hydrogens is 361 g/mol. The molecule has 3 heteroatoms. The summed E-state index contributed by atoms with van der Waals surface area (Å²) in [6.45, 7) is 4.05. The molecule has 2 aromatic rings. The van der Waals surface area contributed by atoms with Gasteiger partial charge in [0.25, 0.3) is 0 Å². The Morgan fingerprint density at radius 1 is 1.20 bits per heavy atom. The number of anilines is 1. The third kappa shape index (κ3) is 3.60. The zero-order valence-corrected chi connectivity index (χ0v) is 13.8. The lowest BCUT2D eigenvalue weighted by Gasteiger charge is -2.16. The first-order valence-electron chi connectivity index (χ1n) is 6.73. The topological polar surface area (TPSA) is 29.1 Å². The van der Waals surface area contributed by atoms with Gasteiger partial charge in [0.1, 0.15) is 0 Å². The zero-order valence-electron chi connectivity index (χ0n) is 11.7. The van der Waals surface area contributed by atoms with E-state index in [4.69, 9.17) is 0 Å². The molecule has 0 saturated heterocycles. The fourth-order valence-corrected chi connectivity index (χ4v) is 2.89. The van der Waals surface area contributed by atoms with Crippen molar-refractivity contribution >= 4 is 34.2 Å². The van der Waals surface area contributed by atoms with Crippen LogP contribution in [0.2, 0.25) is 0 Å². The highest BCUT2D eigenvalue weighted by molar-refractivity contribution is 14.1. The predicted octanol–water partition coefficient (Wildman–Crippen LogP) is 4.73. The maximum atomic E-state index is 12.5. The highest BCUT2D eigenvalue weighted by Crippen LogP contribution is 2.23. The Labute approximate surface area is 133 Å². The second-order valence-corrected chi connectivity index (χ2v) is 6.07. The van der Waals surface area contributed by atoms with Crippen molar-refractivity contribution in [3.05, 3.63) is 63.2 Å². The van der Waals surface area contributed by atoms with Gasteiger partial charge in [0.15, 0.2) is 0 Å². The Morgan fingerprint density at radius 2 is 1.90 bits per heavy atom. The van der Waals surface area contributed by atoms with Gasteiger partial charge in [-0.25, -0.2) is 0 Å². The average molecular weight is 379 g/mol. The van der Waals surface area contributed by atoms with E-state index in [0.717, 1.165) is 23.2 Å². The number of carbonyl (C=O) groups excluding carboxylic acids is 1. The minimum Gasteiger partial charge on any atom is -0.325 e. The van der Waals surface area contributed by atoms with E-state index in [0.29, 0.717) is 0 Å². The Bertz CT molecular complexity index is 595. The van der Waals surface area contributed by atoms with E-state index < -0.39 is 0 Å². The van der Waals surface area contributed by atoms with E-state index in [-0.39, 0.29) is 11.8 Å². The molecule has 1 atom stereocenters. The van der Waals surface area contributed by atoms with Crippen molar-refractivity contribution in [1.29, 1.82) is 0 Å². The number of carbonyl (C=O) groups is 1. The lowest BCUT2D eigenvalue weighted by molar-refractivity contribution is -0.117. The molecule has 0 bridgehead atoms. The number of hydrogen-bond donors (Lipinski definition) is 1. The van der Waals surface area contributed by atoms with Crippen LogP contribution in [0.5, 0.6) is 0 Å². The summed E-state index contributed by atoms with van der Waals surface area (Å²) >= 11 is 2.27. The molecule has 0 fully saturated rings. The third-order valence-electron chi connectivity index (χ3n) is 3.37. The second kappa shape index (κ2) is 6.88. The van der Waals surface area contributed by atoms with E-state index in [1.54, 1.807) is 0 Å². The molecule has 0 aliphatic carbocycles. The van der Waals surface area contributed by atoms with Crippen molar-refractivity contribution < 1.29 is 4.79 Å². The van der Waals surface area contributed by atoms with Crippen LogP contribution in [0.1, 0.15) is 30.4 Å². The van der Waals surface area contributed by atoms with Gasteiger partial charge in [-0.15, -0.1) is 0 Å². The number of hydrogen-bond acceptors (Lipinski definition) is 1. The van der Waals surface area contributed by atoms with Crippen LogP contribution < -0.4 is 5.32 Å². The third-order valence-corrected chi connectivity index (χ3v) is 4.04. The van der Waals surface area contributed by atoms with Crippen LogP contribution in [0.4, 0.5) is 5.69 Å². The van der Waals surface area contributed by atoms with E-state index in [2.05, 4.69) is 34.0 Å². The molecule has 2 rings (SSSR count). The molecule has 0 aliphatic rings. The molecule has 0 unspecified atom stereocenters. The van der Waals surface area contributed by atoms with Crippen LogP contribution in [0.15, 0.2) is 48.5 Å². The number of nitrogens with one attached hydrogen (secondary N) is 1. The number of aryl methyl sites for hydroxylation is 1. The zero-order chi connectivity index (χ0) is 14.5. The number of halogens is 1. The summed E-state index contributed by atoms with van der Waals surface area (Å²) in [7, 11) is 0. The van der Waals surface area contributed by atoms with Gasteiger partial charge in [0.2, 0.25) is 5.91 Å². The molecular formula is C17H18INO. The minimum atomic E-state index is -0.102. The number of amides is 1. The summed E-state index contributed by atoms with van der Waals surface area (Å²) < 4.78 is 1.17. The molecule has 1 amide bonds. The van der Waals surface area contributed by atoms with Gasteiger partial charge in [-0.3, -0.25) is 4.79 Å². The summed E-state index contributed by atoms with van der Waals surface area (Å²) in [5.74, 6) is -0.0436. The Kier molecular flexibility index (Phi) is 5.17. The predicted molar refractivity (Wildman–Crippen MR) is 92.0 cm³/mol. The van der Waals surface area contributed by atoms with Crippen LogP contribution >= 0.6 is 22.6 Å². The first kappa shape index (κ1) is 15.0. The molecule has 2 nitrogen and oxygen atoms in total. The van der Waals surface area contributed by atoms with Crippen LogP contribution in [-0.4, -0.2) is 5.91 Å². The fourth-order valence-electron chi connectivity index (χ4n) is 2.24. The van der Waals surface area contributed by atoms with Gasteiger partial charge in [-0.05, 0) is 65.3 Å². The van der Waals surface area contributed by atoms with E-state index in [1.165, 1.54) is 3.57 Å². The normalized spacial score (nSPS) is 11.9. The first-order chi connectivity index (χ1) is 9.61. The van der Waals surface area contributed by atoms with Crippen molar-refractivity contribution in [2.75, 3.05) is 5.32 Å². The summed E-state index contributed by atoms with van der Waals surface area (Å²) in [6, 6.07) is 16.0.